The summed E-state index contributed by atoms with van der Waals surface area (Å²) in [6, 6.07) is 10.3. The van der Waals surface area contributed by atoms with Gasteiger partial charge in [0.25, 0.3) is 0 Å². The van der Waals surface area contributed by atoms with Crippen LogP contribution >= 0.6 is 0 Å². The smallest absolute Gasteiger partial charge is 0.323 e. The number of hydrogen-bond acceptors (Lipinski definition) is 3. The van der Waals surface area contributed by atoms with E-state index in [0.29, 0.717) is 6.61 Å². The first-order chi connectivity index (χ1) is 7.81. The fourth-order valence-electron chi connectivity index (χ4n) is 2.03. The van der Waals surface area contributed by atoms with Crippen molar-refractivity contribution in [1.82, 2.24) is 5.32 Å². The molecule has 1 aliphatic heterocycles. The largest absolute Gasteiger partial charge is 0.464 e. The Bertz CT molecular complexity index is 350. The molecule has 2 unspecified atom stereocenters. The molecule has 1 fully saturated rings. The minimum absolute atomic E-state index is 0.116. The summed E-state index contributed by atoms with van der Waals surface area (Å²) >= 11 is 0. The first kappa shape index (κ1) is 11.1. The Morgan fingerprint density at radius 2 is 2.19 bits per heavy atom. The van der Waals surface area contributed by atoms with Crippen molar-refractivity contribution in [3.05, 3.63) is 35.9 Å². The second-order valence-electron chi connectivity index (χ2n) is 4.05. The fraction of sp³-hybridized carbons (Fsp3) is 0.462. The lowest BCUT2D eigenvalue weighted by molar-refractivity contribution is -0.139. The van der Waals surface area contributed by atoms with E-state index in [2.05, 4.69) is 24.4 Å². The third-order valence-electron chi connectivity index (χ3n) is 2.95. The number of esters is 1. The highest BCUT2D eigenvalue weighted by molar-refractivity contribution is 5.77. The molecule has 0 aromatic heterocycles. The zero-order valence-electron chi connectivity index (χ0n) is 9.48. The van der Waals surface area contributed by atoms with Crippen molar-refractivity contribution in [2.24, 2.45) is 0 Å². The molecule has 1 aromatic carbocycles. The topological polar surface area (TPSA) is 38.3 Å². The predicted octanol–water partition coefficient (Wildman–Crippen LogP) is 2.04. The molecule has 0 radical (unpaired) electrons. The van der Waals surface area contributed by atoms with E-state index in [1.54, 1.807) is 0 Å². The summed E-state index contributed by atoms with van der Waals surface area (Å²) in [5, 5.41) is 3.36. The fourth-order valence-corrected chi connectivity index (χ4v) is 2.03. The normalized spacial score (nSPS) is 21.8. The number of cyclic esters (lactones) is 1. The van der Waals surface area contributed by atoms with Crippen LogP contribution in [0.4, 0.5) is 0 Å². The van der Waals surface area contributed by atoms with Gasteiger partial charge >= 0.3 is 5.97 Å². The van der Waals surface area contributed by atoms with Crippen LogP contribution in [-0.2, 0) is 9.53 Å². The average Bonchev–Trinajstić information content (AvgIpc) is 2.73. The minimum Gasteiger partial charge on any atom is -0.464 e. The molecule has 0 amide bonds. The van der Waals surface area contributed by atoms with Crippen LogP contribution in [0.3, 0.4) is 0 Å². The van der Waals surface area contributed by atoms with Gasteiger partial charge in [-0.1, -0.05) is 37.3 Å². The number of ether oxygens (including phenoxy) is 1. The predicted molar refractivity (Wildman–Crippen MR) is 62.0 cm³/mol. The van der Waals surface area contributed by atoms with E-state index in [0.717, 1.165) is 12.8 Å². The van der Waals surface area contributed by atoms with E-state index in [1.807, 2.05) is 18.2 Å². The van der Waals surface area contributed by atoms with Crippen LogP contribution in [-0.4, -0.2) is 18.6 Å². The highest BCUT2D eigenvalue weighted by Gasteiger charge is 2.28. The maximum atomic E-state index is 11.4. The van der Waals surface area contributed by atoms with Crippen molar-refractivity contribution in [1.29, 1.82) is 0 Å². The molecule has 16 heavy (non-hydrogen) atoms. The maximum absolute atomic E-state index is 11.4. The second kappa shape index (κ2) is 5.12. The Labute approximate surface area is 95.8 Å². The third-order valence-corrected chi connectivity index (χ3v) is 2.95. The molecule has 1 aliphatic rings. The van der Waals surface area contributed by atoms with Gasteiger partial charge in [0.15, 0.2) is 0 Å². The van der Waals surface area contributed by atoms with Gasteiger partial charge in [-0.05, 0) is 12.0 Å². The van der Waals surface area contributed by atoms with Crippen LogP contribution in [0.5, 0.6) is 0 Å². The van der Waals surface area contributed by atoms with E-state index < -0.39 is 0 Å². The van der Waals surface area contributed by atoms with Crippen LogP contribution in [0, 0.1) is 0 Å². The highest BCUT2D eigenvalue weighted by atomic mass is 16.5. The van der Waals surface area contributed by atoms with Gasteiger partial charge in [-0.15, -0.1) is 0 Å². The van der Waals surface area contributed by atoms with Gasteiger partial charge in [-0.25, -0.2) is 0 Å². The molecule has 0 bridgehead atoms. The molecular formula is C13H17NO2. The third kappa shape index (κ3) is 2.42. The summed E-state index contributed by atoms with van der Waals surface area (Å²) in [6.45, 7) is 2.66. The first-order valence-corrected chi connectivity index (χ1v) is 5.79. The molecule has 3 nitrogen and oxygen atoms in total. The first-order valence-electron chi connectivity index (χ1n) is 5.79. The SMILES string of the molecule is CCC(NC1CCOC1=O)c1ccccc1. The van der Waals surface area contributed by atoms with Gasteiger partial charge in [-0.2, -0.15) is 0 Å². The van der Waals surface area contributed by atoms with Crippen molar-refractivity contribution in [2.75, 3.05) is 6.61 Å². The van der Waals surface area contributed by atoms with Crippen molar-refractivity contribution < 1.29 is 9.53 Å². The van der Waals surface area contributed by atoms with E-state index in [9.17, 15) is 4.79 Å². The van der Waals surface area contributed by atoms with Crippen molar-refractivity contribution in [3.63, 3.8) is 0 Å². The van der Waals surface area contributed by atoms with Gasteiger partial charge in [0, 0.05) is 12.5 Å². The number of benzene rings is 1. The number of carbonyl (C=O) groups excluding carboxylic acids is 1. The standard InChI is InChI=1S/C13H17NO2/c1-2-11(10-6-4-3-5-7-10)14-12-8-9-16-13(12)15/h3-7,11-12,14H,2,8-9H2,1H3. The van der Waals surface area contributed by atoms with Gasteiger partial charge in [-0.3, -0.25) is 10.1 Å². The Kier molecular flexibility index (Phi) is 3.57. The molecule has 1 aromatic rings. The molecule has 1 saturated heterocycles. The summed E-state index contributed by atoms with van der Waals surface area (Å²) in [4.78, 5) is 11.4. The zero-order chi connectivity index (χ0) is 11.4. The molecule has 0 aliphatic carbocycles. The number of rotatable bonds is 4. The Hall–Kier alpha value is -1.35. The number of hydrogen-bond donors (Lipinski definition) is 1. The highest BCUT2D eigenvalue weighted by Crippen LogP contribution is 2.19. The Morgan fingerprint density at radius 3 is 2.75 bits per heavy atom. The monoisotopic (exact) mass is 219 g/mol. The minimum atomic E-state index is -0.134. The van der Waals surface area contributed by atoms with Crippen molar-refractivity contribution in [3.8, 4) is 0 Å². The second-order valence-corrected chi connectivity index (χ2v) is 4.05. The lowest BCUT2D eigenvalue weighted by Crippen LogP contribution is -2.35. The quantitative estimate of drug-likeness (QED) is 0.787. The molecule has 0 spiro atoms. The lowest BCUT2D eigenvalue weighted by Gasteiger charge is -2.19. The molecule has 2 atom stereocenters. The average molecular weight is 219 g/mol. The van der Waals surface area contributed by atoms with Crippen LogP contribution in [0.2, 0.25) is 0 Å². The summed E-state index contributed by atoms with van der Waals surface area (Å²) in [7, 11) is 0. The summed E-state index contributed by atoms with van der Waals surface area (Å²) in [5.41, 5.74) is 1.23. The van der Waals surface area contributed by atoms with E-state index in [4.69, 9.17) is 4.74 Å². The van der Waals surface area contributed by atoms with E-state index >= 15 is 0 Å². The molecule has 1 N–H and O–H groups in total. The van der Waals surface area contributed by atoms with Crippen molar-refractivity contribution in [2.45, 2.75) is 31.8 Å². The lowest BCUT2D eigenvalue weighted by atomic mass is 10.0. The maximum Gasteiger partial charge on any atom is 0.323 e. The van der Waals surface area contributed by atoms with E-state index in [-0.39, 0.29) is 18.1 Å². The summed E-state index contributed by atoms with van der Waals surface area (Å²) in [6.07, 6.45) is 1.75. The molecule has 3 heteroatoms. The molecule has 2 rings (SSSR count). The molecule has 86 valence electrons. The Balaban J connectivity index is 2.03. The summed E-state index contributed by atoms with van der Waals surface area (Å²) in [5.74, 6) is -0.116. The van der Waals surface area contributed by atoms with Gasteiger partial charge in [0.1, 0.15) is 6.04 Å². The number of carbonyl (C=O) groups is 1. The molecule has 1 heterocycles. The molecule has 0 saturated carbocycles. The zero-order valence-corrected chi connectivity index (χ0v) is 9.48. The molecular weight excluding hydrogens is 202 g/mol. The summed E-state index contributed by atoms with van der Waals surface area (Å²) < 4.78 is 4.95. The van der Waals surface area contributed by atoms with Crippen LogP contribution in [0.15, 0.2) is 30.3 Å². The van der Waals surface area contributed by atoms with Crippen molar-refractivity contribution >= 4 is 5.97 Å². The number of nitrogens with one attached hydrogen (secondary N) is 1. The van der Waals surface area contributed by atoms with Gasteiger partial charge < -0.3 is 4.74 Å². The Morgan fingerprint density at radius 1 is 1.44 bits per heavy atom. The van der Waals surface area contributed by atoms with Crippen LogP contribution in [0.25, 0.3) is 0 Å². The van der Waals surface area contributed by atoms with Crippen LogP contribution in [0.1, 0.15) is 31.4 Å². The van der Waals surface area contributed by atoms with Gasteiger partial charge in [0.2, 0.25) is 0 Å². The van der Waals surface area contributed by atoms with E-state index in [1.165, 1.54) is 5.56 Å². The van der Waals surface area contributed by atoms with Gasteiger partial charge in [0.05, 0.1) is 6.61 Å². The van der Waals surface area contributed by atoms with Crippen LogP contribution < -0.4 is 5.32 Å².